The Hall–Kier alpha value is -0.380. The number of halogens is 1. The second-order valence-corrected chi connectivity index (χ2v) is 4.97. The summed E-state index contributed by atoms with van der Waals surface area (Å²) >= 11 is 3.42. The van der Waals surface area contributed by atoms with E-state index >= 15 is 0 Å². The van der Waals surface area contributed by atoms with Crippen molar-refractivity contribution in [2.24, 2.45) is 5.73 Å². The molecule has 1 aromatic carbocycles. The fourth-order valence-corrected chi connectivity index (χ4v) is 1.82. The Labute approximate surface area is 106 Å². The van der Waals surface area contributed by atoms with Crippen molar-refractivity contribution in [1.82, 2.24) is 0 Å². The van der Waals surface area contributed by atoms with Gasteiger partial charge < -0.3 is 10.5 Å². The van der Waals surface area contributed by atoms with Gasteiger partial charge in [0.25, 0.3) is 0 Å². The lowest BCUT2D eigenvalue weighted by Crippen LogP contribution is -2.27. The van der Waals surface area contributed by atoms with Crippen molar-refractivity contribution in [2.45, 2.75) is 38.8 Å². The maximum absolute atomic E-state index is 5.95. The molecule has 0 heterocycles. The minimum Gasteiger partial charge on any atom is -0.372 e. The zero-order valence-corrected chi connectivity index (χ0v) is 11.5. The minimum absolute atomic E-state index is 0.000324. The molecule has 2 atom stereocenters. The normalized spacial score (nSPS) is 14.8. The van der Waals surface area contributed by atoms with E-state index in [1.54, 1.807) is 0 Å². The van der Waals surface area contributed by atoms with E-state index < -0.39 is 0 Å². The van der Waals surface area contributed by atoms with Gasteiger partial charge in [-0.2, -0.15) is 0 Å². The van der Waals surface area contributed by atoms with Crippen molar-refractivity contribution in [2.75, 3.05) is 6.61 Å². The zero-order chi connectivity index (χ0) is 12.0. The molecule has 2 nitrogen and oxygen atoms in total. The van der Waals surface area contributed by atoms with Gasteiger partial charge in [-0.15, -0.1) is 0 Å². The Bertz CT molecular complexity index is 297. The van der Waals surface area contributed by atoms with Crippen molar-refractivity contribution in [3.8, 4) is 0 Å². The molecule has 0 aromatic heterocycles. The number of hydrogen-bond donors (Lipinski definition) is 1. The van der Waals surface area contributed by atoms with Crippen LogP contribution in [0.3, 0.4) is 0 Å². The third kappa shape index (κ3) is 4.24. The Morgan fingerprint density at radius 3 is 2.44 bits per heavy atom. The quantitative estimate of drug-likeness (QED) is 0.810. The third-order valence-electron chi connectivity index (χ3n) is 2.47. The molecule has 0 saturated heterocycles. The van der Waals surface area contributed by atoms with Crippen molar-refractivity contribution in [3.05, 3.63) is 34.3 Å². The highest BCUT2D eigenvalue weighted by Gasteiger charge is 2.16. The van der Waals surface area contributed by atoms with Crippen LogP contribution in [0.5, 0.6) is 0 Å². The van der Waals surface area contributed by atoms with Crippen LogP contribution in [0.2, 0.25) is 0 Å². The Kier molecular flexibility index (Phi) is 6.03. The molecule has 0 saturated carbocycles. The molecular weight excluding hydrogens is 266 g/mol. The fourth-order valence-electron chi connectivity index (χ4n) is 1.56. The largest absolute Gasteiger partial charge is 0.372 e. The highest BCUT2D eigenvalue weighted by atomic mass is 79.9. The van der Waals surface area contributed by atoms with Crippen LogP contribution in [0.4, 0.5) is 0 Å². The van der Waals surface area contributed by atoms with Crippen molar-refractivity contribution in [3.63, 3.8) is 0 Å². The van der Waals surface area contributed by atoms with Crippen LogP contribution in [0, 0.1) is 0 Å². The second-order valence-electron chi connectivity index (χ2n) is 4.06. The van der Waals surface area contributed by atoms with Gasteiger partial charge in [-0.05, 0) is 31.0 Å². The molecule has 2 N–H and O–H groups in total. The molecule has 0 bridgehead atoms. The molecule has 0 spiro atoms. The average molecular weight is 286 g/mol. The molecule has 0 aliphatic carbocycles. The first-order valence-electron chi connectivity index (χ1n) is 5.77. The topological polar surface area (TPSA) is 35.2 Å². The summed E-state index contributed by atoms with van der Waals surface area (Å²) in [6.45, 7) is 4.92. The first-order valence-corrected chi connectivity index (χ1v) is 6.57. The summed E-state index contributed by atoms with van der Waals surface area (Å²) in [5.41, 5.74) is 7.10. The van der Waals surface area contributed by atoms with Crippen LogP contribution in [0.15, 0.2) is 28.7 Å². The summed E-state index contributed by atoms with van der Waals surface area (Å²) in [6.07, 6.45) is 2.23. The van der Waals surface area contributed by atoms with Crippen LogP contribution in [0.1, 0.15) is 38.4 Å². The highest BCUT2D eigenvalue weighted by molar-refractivity contribution is 9.10. The summed E-state index contributed by atoms with van der Waals surface area (Å²) in [6, 6.07) is 8.17. The van der Waals surface area contributed by atoms with Gasteiger partial charge in [0.05, 0.1) is 6.10 Å². The summed E-state index contributed by atoms with van der Waals surface area (Å²) in [4.78, 5) is 0. The van der Waals surface area contributed by atoms with Gasteiger partial charge in [0.15, 0.2) is 0 Å². The monoisotopic (exact) mass is 285 g/mol. The third-order valence-corrected chi connectivity index (χ3v) is 3.00. The van der Waals surface area contributed by atoms with Crippen LogP contribution >= 0.6 is 15.9 Å². The lowest BCUT2D eigenvalue weighted by molar-refractivity contribution is 0.0366. The number of unbranched alkanes of at least 4 members (excludes halogenated alkanes) is 1. The Morgan fingerprint density at radius 1 is 1.31 bits per heavy atom. The van der Waals surface area contributed by atoms with Crippen LogP contribution in [-0.4, -0.2) is 12.6 Å². The summed E-state index contributed by atoms with van der Waals surface area (Å²) in [5, 5.41) is 0. The van der Waals surface area contributed by atoms with E-state index in [1.807, 2.05) is 19.1 Å². The van der Waals surface area contributed by atoms with Crippen molar-refractivity contribution >= 4 is 15.9 Å². The first-order chi connectivity index (χ1) is 7.65. The second kappa shape index (κ2) is 7.05. The Morgan fingerprint density at radius 2 is 1.94 bits per heavy atom. The number of hydrogen-bond acceptors (Lipinski definition) is 2. The lowest BCUT2D eigenvalue weighted by Gasteiger charge is -2.22. The maximum atomic E-state index is 5.95. The molecule has 2 unspecified atom stereocenters. The van der Waals surface area contributed by atoms with Crippen molar-refractivity contribution < 1.29 is 4.74 Å². The molecule has 0 aliphatic heterocycles. The van der Waals surface area contributed by atoms with Crippen molar-refractivity contribution in [1.29, 1.82) is 0 Å². The van der Waals surface area contributed by atoms with Gasteiger partial charge >= 0.3 is 0 Å². The fraction of sp³-hybridized carbons (Fsp3) is 0.538. The Balaban J connectivity index is 2.65. The number of ether oxygens (including phenoxy) is 1. The predicted molar refractivity (Wildman–Crippen MR) is 71.4 cm³/mol. The molecule has 0 fully saturated rings. The molecule has 16 heavy (non-hydrogen) atoms. The lowest BCUT2D eigenvalue weighted by atomic mass is 10.0. The van der Waals surface area contributed by atoms with E-state index in [-0.39, 0.29) is 12.1 Å². The molecule has 0 aliphatic rings. The van der Waals surface area contributed by atoms with E-state index in [4.69, 9.17) is 10.5 Å². The van der Waals surface area contributed by atoms with Gasteiger partial charge in [0.2, 0.25) is 0 Å². The van der Waals surface area contributed by atoms with Crippen LogP contribution in [0.25, 0.3) is 0 Å². The van der Waals surface area contributed by atoms with E-state index in [9.17, 15) is 0 Å². The van der Waals surface area contributed by atoms with Gasteiger partial charge in [-0.25, -0.2) is 0 Å². The van der Waals surface area contributed by atoms with E-state index in [2.05, 4.69) is 35.0 Å². The summed E-state index contributed by atoms with van der Waals surface area (Å²) < 4.78 is 6.91. The maximum Gasteiger partial charge on any atom is 0.0972 e. The number of nitrogens with two attached hydrogens (primary N) is 1. The molecule has 1 rings (SSSR count). The zero-order valence-electron chi connectivity index (χ0n) is 9.95. The molecular formula is C13H20BrNO. The minimum atomic E-state index is -0.000324. The van der Waals surface area contributed by atoms with Gasteiger partial charge in [-0.1, -0.05) is 41.4 Å². The standard InChI is InChI=1S/C13H20BrNO/c1-3-4-9-16-13(10(2)15)11-5-7-12(14)8-6-11/h5-8,10,13H,3-4,9,15H2,1-2H3. The van der Waals surface area contributed by atoms with E-state index in [0.29, 0.717) is 0 Å². The van der Waals surface area contributed by atoms with Crippen LogP contribution < -0.4 is 5.73 Å². The molecule has 90 valence electrons. The first kappa shape index (κ1) is 13.7. The SMILES string of the molecule is CCCCOC(c1ccc(Br)cc1)C(C)N. The average Bonchev–Trinajstić information content (AvgIpc) is 2.26. The molecule has 0 amide bonds. The molecule has 0 radical (unpaired) electrons. The van der Waals surface area contributed by atoms with E-state index in [1.165, 1.54) is 0 Å². The molecule has 1 aromatic rings. The number of rotatable bonds is 6. The summed E-state index contributed by atoms with van der Waals surface area (Å²) in [5.74, 6) is 0. The van der Waals surface area contributed by atoms with Crippen LogP contribution in [-0.2, 0) is 4.74 Å². The molecule has 3 heteroatoms. The summed E-state index contributed by atoms with van der Waals surface area (Å²) in [7, 11) is 0. The van der Waals surface area contributed by atoms with Gasteiger partial charge in [0.1, 0.15) is 0 Å². The number of benzene rings is 1. The highest BCUT2D eigenvalue weighted by Crippen LogP contribution is 2.22. The smallest absolute Gasteiger partial charge is 0.0972 e. The van der Waals surface area contributed by atoms with Gasteiger partial charge in [0, 0.05) is 17.1 Å². The van der Waals surface area contributed by atoms with Gasteiger partial charge in [-0.3, -0.25) is 0 Å². The predicted octanol–water partition coefficient (Wildman–Crippen LogP) is 3.65. The van der Waals surface area contributed by atoms with E-state index in [0.717, 1.165) is 29.5 Å².